The van der Waals surface area contributed by atoms with E-state index in [1.54, 1.807) is 25.6 Å². The first-order valence-electron chi connectivity index (χ1n) is 10.4. The predicted molar refractivity (Wildman–Crippen MR) is 123 cm³/mol. The normalized spacial score (nSPS) is 13.5. The van der Waals surface area contributed by atoms with E-state index in [-0.39, 0.29) is 5.91 Å². The van der Waals surface area contributed by atoms with Crippen molar-refractivity contribution in [2.24, 2.45) is 0 Å². The standard InChI is InChI=1S/C24H27N3O3S/c1-29-19-12-18(13-20(14-19)30-2)8-9-23(28)26-24-25-21-10-11-27(16-22(21)31-24)15-17-6-4-3-5-7-17/h3-7,12-14H,8-11,15-16H2,1-2H3,(H,25,26,28). The smallest absolute Gasteiger partial charge is 0.226 e. The molecule has 1 aliphatic heterocycles. The fourth-order valence-electron chi connectivity index (χ4n) is 3.73. The molecule has 0 bridgehead atoms. The number of hydrogen-bond donors (Lipinski definition) is 1. The lowest BCUT2D eigenvalue weighted by Crippen LogP contribution is -2.29. The Kier molecular flexibility index (Phi) is 6.84. The maximum atomic E-state index is 12.5. The number of aromatic nitrogens is 1. The number of aryl methyl sites for hydroxylation is 1. The summed E-state index contributed by atoms with van der Waals surface area (Å²) in [4.78, 5) is 20.8. The number of hydrogen-bond acceptors (Lipinski definition) is 6. The zero-order chi connectivity index (χ0) is 21.6. The third-order valence-corrected chi connectivity index (χ3v) is 6.36. The Morgan fingerprint density at radius 3 is 2.55 bits per heavy atom. The fourth-order valence-corrected chi connectivity index (χ4v) is 4.80. The number of amides is 1. The van der Waals surface area contributed by atoms with Gasteiger partial charge in [-0.05, 0) is 29.7 Å². The van der Waals surface area contributed by atoms with Gasteiger partial charge in [-0.15, -0.1) is 11.3 Å². The van der Waals surface area contributed by atoms with E-state index in [1.807, 2.05) is 24.3 Å². The molecular formula is C24H27N3O3S. The van der Waals surface area contributed by atoms with Gasteiger partial charge in [-0.1, -0.05) is 30.3 Å². The minimum Gasteiger partial charge on any atom is -0.497 e. The van der Waals surface area contributed by atoms with E-state index in [0.29, 0.717) is 18.0 Å². The van der Waals surface area contributed by atoms with Crippen molar-refractivity contribution in [3.63, 3.8) is 0 Å². The van der Waals surface area contributed by atoms with Gasteiger partial charge in [0.2, 0.25) is 5.91 Å². The third kappa shape index (κ3) is 5.62. The van der Waals surface area contributed by atoms with Crippen molar-refractivity contribution in [3.05, 3.63) is 70.2 Å². The molecule has 0 radical (unpaired) electrons. The summed E-state index contributed by atoms with van der Waals surface area (Å²) in [5, 5.41) is 3.67. The van der Waals surface area contributed by atoms with Crippen LogP contribution >= 0.6 is 11.3 Å². The van der Waals surface area contributed by atoms with Crippen molar-refractivity contribution in [1.29, 1.82) is 0 Å². The van der Waals surface area contributed by atoms with E-state index in [4.69, 9.17) is 9.47 Å². The molecule has 7 heteroatoms. The number of anilines is 1. The Bertz CT molecular complexity index is 1010. The van der Waals surface area contributed by atoms with Gasteiger partial charge in [0.25, 0.3) is 0 Å². The van der Waals surface area contributed by atoms with Crippen molar-refractivity contribution in [1.82, 2.24) is 9.88 Å². The lowest BCUT2D eigenvalue weighted by Gasteiger charge is -2.25. The average Bonchev–Trinajstić information content (AvgIpc) is 3.19. The monoisotopic (exact) mass is 437 g/mol. The van der Waals surface area contributed by atoms with Crippen molar-refractivity contribution < 1.29 is 14.3 Å². The molecule has 0 fully saturated rings. The second-order valence-corrected chi connectivity index (χ2v) is 8.69. The van der Waals surface area contributed by atoms with Crippen LogP contribution in [0.25, 0.3) is 0 Å². The number of rotatable bonds is 8. The first kappa shape index (κ1) is 21.3. The number of thiazole rings is 1. The van der Waals surface area contributed by atoms with E-state index in [2.05, 4.69) is 39.5 Å². The number of nitrogens with zero attached hydrogens (tertiary/aromatic N) is 2. The number of carbonyl (C=O) groups excluding carboxylic acids is 1. The Hall–Kier alpha value is -2.90. The Labute approximate surface area is 186 Å². The lowest BCUT2D eigenvalue weighted by molar-refractivity contribution is -0.116. The maximum absolute atomic E-state index is 12.5. The van der Waals surface area contributed by atoms with Crippen LogP contribution in [0.1, 0.15) is 28.1 Å². The summed E-state index contributed by atoms with van der Waals surface area (Å²) in [6, 6.07) is 16.2. The molecule has 0 saturated heterocycles. The van der Waals surface area contributed by atoms with Crippen molar-refractivity contribution in [2.45, 2.75) is 32.4 Å². The van der Waals surface area contributed by atoms with Crippen LogP contribution in [0.3, 0.4) is 0 Å². The summed E-state index contributed by atoms with van der Waals surface area (Å²) in [5.74, 6) is 1.42. The highest BCUT2D eigenvalue weighted by Gasteiger charge is 2.21. The van der Waals surface area contributed by atoms with Gasteiger partial charge in [-0.2, -0.15) is 0 Å². The van der Waals surface area contributed by atoms with Gasteiger partial charge in [-0.3, -0.25) is 9.69 Å². The van der Waals surface area contributed by atoms with Gasteiger partial charge in [0, 0.05) is 43.4 Å². The minimum absolute atomic E-state index is 0.0333. The van der Waals surface area contributed by atoms with Crippen LogP contribution in [-0.4, -0.2) is 36.6 Å². The van der Waals surface area contributed by atoms with Crippen LogP contribution in [0.5, 0.6) is 11.5 Å². The molecule has 1 aromatic heterocycles. The molecule has 31 heavy (non-hydrogen) atoms. The number of ether oxygens (including phenoxy) is 2. The summed E-state index contributed by atoms with van der Waals surface area (Å²) in [6.07, 6.45) is 1.90. The summed E-state index contributed by atoms with van der Waals surface area (Å²) < 4.78 is 10.6. The second-order valence-electron chi connectivity index (χ2n) is 7.60. The summed E-state index contributed by atoms with van der Waals surface area (Å²) in [5.41, 5.74) is 3.43. The molecule has 1 amide bonds. The topological polar surface area (TPSA) is 63.7 Å². The minimum atomic E-state index is -0.0333. The van der Waals surface area contributed by atoms with E-state index in [1.165, 1.54) is 10.4 Å². The molecule has 0 atom stereocenters. The third-order valence-electron chi connectivity index (χ3n) is 5.36. The fraction of sp³-hybridized carbons (Fsp3) is 0.333. The van der Waals surface area contributed by atoms with Gasteiger partial charge in [0.05, 0.1) is 19.9 Å². The zero-order valence-corrected chi connectivity index (χ0v) is 18.7. The Morgan fingerprint density at radius 2 is 1.84 bits per heavy atom. The van der Waals surface area contributed by atoms with E-state index in [0.717, 1.165) is 48.8 Å². The van der Waals surface area contributed by atoms with Gasteiger partial charge >= 0.3 is 0 Å². The number of nitrogens with one attached hydrogen (secondary N) is 1. The molecule has 0 unspecified atom stereocenters. The highest BCUT2D eigenvalue weighted by molar-refractivity contribution is 7.15. The number of carbonyl (C=O) groups is 1. The molecule has 2 aromatic carbocycles. The second kappa shape index (κ2) is 9.94. The van der Waals surface area contributed by atoms with Crippen LogP contribution in [0.15, 0.2) is 48.5 Å². The van der Waals surface area contributed by atoms with Crippen molar-refractivity contribution >= 4 is 22.4 Å². The molecule has 1 N–H and O–H groups in total. The molecule has 0 spiro atoms. The van der Waals surface area contributed by atoms with Crippen LogP contribution in [0, 0.1) is 0 Å². The quantitative estimate of drug-likeness (QED) is 0.570. The van der Waals surface area contributed by atoms with E-state index >= 15 is 0 Å². The molecule has 6 nitrogen and oxygen atoms in total. The first-order valence-corrected chi connectivity index (χ1v) is 11.2. The summed E-state index contributed by atoms with van der Waals surface area (Å²) >= 11 is 1.59. The molecular weight excluding hydrogens is 410 g/mol. The average molecular weight is 438 g/mol. The van der Waals surface area contributed by atoms with Crippen molar-refractivity contribution in [2.75, 3.05) is 26.1 Å². The molecule has 1 aliphatic rings. The van der Waals surface area contributed by atoms with E-state index < -0.39 is 0 Å². The van der Waals surface area contributed by atoms with Crippen LogP contribution in [-0.2, 0) is 30.7 Å². The first-order chi connectivity index (χ1) is 15.1. The molecule has 3 aromatic rings. The number of fused-ring (bicyclic) bond motifs is 1. The SMILES string of the molecule is COc1cc(CCC(=O)Nc2nc3c(s2)CN(Cc2ccccc2)CC3)cc(OC)c1. The Morgan fingerprint density at radius 1 is 1.10 bits per heavy atom. The van der Waals surface area contributed by atoms with Gasteiger partial charge in [0.15, 0.2) is 5.13 Å². The molecule has 2 heterocycles. The number of methoxy groups -OCH3 is 2. The van der Waals surface area contributed by atoms with Gasteiger partial charge in [0.1, 0.15) is 11.5 Å². The number of benzene rings is 2. The van der Waals surface area contributed by atoms with Crippen LogP contribution in [0.4, 0.5) is 5.13 Å². The lowest BCUT2D eigenvalue weighted by atomic mass is 10.1. The maximum Gasteiger partial charge on any atom is 0.226 e. The van der Waals surface area contributed by atoms with E-state index in [9.17, 15) is 4.79 Å². The predicted octanol–water partition coefficient (Wildman–Crippen LogP) is 4.29. The highest BCUT2D eigenvalue weighted by atomic mass is 32.1. The zero-order valence-electron chi connectivity index (χ0n) is 17.9. The molecule has 4 rings (SSSR count). The van der Waals surface area contributed by atoms with Gasteiger partial charge in [-0.25, -0.2) is 4.98 Å². The summed E-state index contributed by atoms with van der Waals surface area (Å²) in [7, 11) is 3.24. The van der Waals surface area contributed by atoms with Gasteiger partial charge < -0.3 is 14.8 Å². The molecule has 0 saturated carbocycles. The summed E-state index contributed by atoms with van der Waals surface area (Å²) in [6.45, 7) is 2.79. The van der Waals surface area contributed by atoms with Crippen LogP contribution in [0.2, 0.25) is 0 Å². The molecule has 162 valence electrons. The van der Waals surface area contributed by atoms with Crippen LogP contribution < -0.4 is 14.8 Å². The molecule has 0 aliphatic carbocycles. The van der Waals surface area contributed by atoms with Crippen molar-refractivity contribution in [3.8, 4) is 11.5 Å². The highest BCUT2D eigenvalue weighted by Crippen LogP contribution is 2.29. The Balaban J connectivity index is 1.32. The largest absolute Gasteiger partial charge is 0.497 e.